The summed E-state index contributed by atoms with van der Waals surface area (Å²) >= 11 is 0. The molecular weight excluding hydrogens is 160 g/mol. The fourth-order valence-corrected chi connectivity index (χ4v) is 3.18. The molecule has 0 aromatic carbocycles. The maximum Gasteiger partial charge on any atom is 0.0263 e. The lowest BCUT2D eigenvalue weighted by Gasteiger charge is -2.40. The maximum atomic E-state index is 2.64. The van der Waals surface area contributed by atoms with E-state index in [1.807, 2.05) is 0 Å². The van der Waals surface area contributed by atoms with E-state index in [0.29, 0.717) is 0 Å². The van der Waals surface area contributed by atoms with Gasteiger partial charge in [-0.05, 0) is 39.3 Å². The zero-order valence-corrected chi connectivity index (χ0v) is 9.16. The summed E-state index contributed by atoms with van der Waals surface area (Å²) in [6.07, 6.45) is 4.20. The summed E-state index contributed by atoms with van der Waals surface area (Å²) < 4.78 is 0. The second-order valence-electron chi connectivity index (χ2n) is 4.85. The number of nitrogens with zero attached hydrogens (tertiary/aromatic N) is 2. The third kappa shape index (κ3) is 1.62. The molecule has 0 N–H and O–H groups in total. The molecule has 2 heteroatoms. The molecule has 0 spiro atoms. The second kappa shape index (κ2) is 3.58. The molecule has 13 heavy (non-hydrogen) atoms. The Labute approximate surface area is 81.9 Å². The van der Waals surface area contributed by atoms with Gasteiger partial charge >= 0.3 is 0 Å². The van der Waals surface area contributed by atoms with Crippen LogP contribution in [0.15, 0.2) is 0 Å². The highest BCUT2D eigenvalue weighted by atomic mass is 15.3. The highest BCUT2D eigenvalue weighted by Crippen LogP contribution is 2.32. The molecule has 2 saturated heterocycles. The van der Waals surface area contributed by atoms with Crippen LogP contribution in [0, 0.1) is 5.92 Å². The van der Waals surface area contributed by atoms with Gasteiger partial charge in [0.2, 0.25) is 0 Å². The minimum Gasteiger partial charge on any atom is -0.304 e. The molecule has 2 aliphatic rings. The third-order valence-electron chi connectivity index (χ3n) is 4.03. The lowest BCUT2D eigenvalue weighted by Crippen LogP contribution is -2.48. The van der Waals surface area contributed by atoms with Crippen molar-refractivity contribution in [3.05, 3.63) is 0 Å². The van der Waals surface area contributed by atoms with E-state index in [-0.39, 0.29) is 0 Å². The van der Waals surface area contributed by atoms with Crippen LogP contribution >= 0.6 is 0 Å². The first-order valence-electron chi connectivity index (χ1n) is 5.62. The van der Waals surface area contributed by atoms with Crippen LogP contribution < -0.4 is 0 Å². The van der Waals surface area contributed by atoms with Gasteiger partial charge in [0.1, 0.15) is 0 Å². The molecule has 2 rings (SSSR count). The molecular formula is C11H22N2. The summed E-state index contributed by atoms with van der Waals surface area (Å²) in [6.45, 7) is 4.93. The Hall–Kier alpha value is -0.0800. The zero-order valence-electron chi connectivity index (χ0n) is 9.16. The van der Waals surface area contributed by atoms with Gasteiger partial charge in [0.25, 0.3) is 0 Å². The lowest BCUT2D eigenvalue weighted by atomic mass is 9.87. The first-order valence-corrected chi connectivity index (χ1v) is 5.62. The van der Waals surface area contributed by atoms with Gasteiger partial charge in [0.05, 0.1) is 0 Å². The highest BCUT2D eigenvalue weighted by Gasteiger charge is 2.39. The standard InChI is InChI=1S/C11H22N2/c1-4-10-6-5-9-7-12(2)8-11(9)13(10)3/h9-11H,4-8H2,1-3H3. The van der Waals surface area contributed by atoms with E-state index in [1.165, 1.54) is 32.4 Å². The fourth-order valence-electron chi connectivity index (χ4n) is 3.18. The number of hydrogen-bond acceptors (Lipinski definition) is 2. The minimum absolute atomic E-state index is 0.851. The van der Waals surface area contributed by atoms with Crippen LogP contribution in [0.5, 0.6) is 0 Å². The second-order valence-corrected chi connectivity index (χ2v) is 4.85. The van der Waals surface area contributed by atoms with Gasteiger partial charge in [0, 0.05) is 25.2 Å². The molecule has 76 valence electrons. The van der Waals surface area contributed by atoms with Crippen molar-refractivity contribution in [3.63, 3.8) is 0 Å². The summed E-state index contributed by atoms with van der Waals surface area (Å²) in [5, 5.41) is 0. The zero-order chi connectivity index (χ0) is 9.42. The molecule has 0 aromatic heterocycles. The van der Waals surface area contributed by atoms with Gasteiger partial charge in [0.15, 0.2) is 0 Å². The molecule has 0 amide bonds. The molecule has 2 fully saturated rings. The van der Waals surface area contributed by atoms with E-state index < -0.39 is 0 Å². The molecule has 0 aromatic rings. The SMILES string of the molecule is CCC1CCC2CN(C)CC2N1C. The van der Waals surface area contributed by atoms with Crippen molar-refractivity contribution in [1.29, 1.82) is 0 Å². The Kier molecular flexibility index (Phi) is 2.61. The molecule has 0 aliphatic carbocycles. The molecule has 2 aliphatic heterocycles. The number of hydrogen-bond donors (Lipinski definition) is 0. The Morgan fingerprint density at radius 1 is 1.15 bits per heavy atom. The van der Waals surface area contributed by atoms with Crippen molar-refractivity contribution in [2.45, 2.75) is 38.3 Å². The number of likely N-dealkylation sites (N-methyl/N-ethyl adjacent to an activating group) is 2. The van der Waals surface area contributed by atoms with E-state index >= 15 is 0 Å². The summed E-state index contributed by atoms with van der Waals surface area (Å²) in [6, 6.07) is 1.71. The smallest absolute Gasteiger partial charge is 0.0263 e. The lowest BCUT2D eigenvalue weighted by molar-refractivity contribution is 0.0898. The number of rotatable bonds is 1. The van der Waals surface area contributed by atoms with E-state index in [0.717, 1.165) is 18.0 Å². The van der Waals surface area contributed by atoms with E-state index in [4.69, 9.17) is 0 Å². The first-order chi connectivity index (χ1) is 6.22. The fraction of sp³-hybridized carbons (Fsp3) is 1.00. The van der Waals surface area contributed by atoms with Crippen molar-refractivity contribution < 1.29 is 0 Å². The van der Waals surface area contributed by atoms with Gasteiger partial charge in [-0.15, -0.1) is 0 Å². The van der Waals surface area contributed by atoms with E-state index in [2.05, 4.69) is 30.8 Å². The summed E-state index contributed by atoms with van der Waals surface area (Å²) in [5.74, 6) is 0.956. The van der Waals surface area contributed by atoms with Gasteiger partial charge in [-0.1, -0.05) is 6.92 Å². The Morgan fingerprint density at radius 2 is 1.92 bits per heavy atom. The van der Waals surface area contributed by atoms with Gasteiger partial charge in [-0.2, -0.15) is 0 Å². The van der Waals surface area contributed by atoms with Crippen LogP contribution in [-0.2, 0) is 0 Å². The monoisotopic (exact) mass is 182 g/mol. The van der Waals surface area contributed by atoms with E-state index in [1.54, 1.807) is 0 Å². The van der Waals surface area contributed by atoms with Crippen molar-refractivity contribution >= 4 is 0 Å². The van der Waals surface area contributed by atoms with Crippen LogP contribution in [0.25, 0.3) is 0 Å². The number of fused-ring (bicyclic) bond motifs is 1. The largest absolute Gasteiger partial charge is 0.304 e. The van der Waals surface area contributed by atoms with E-state index in [9.17, 15) is 0 Å². The maximum absolute atomic E-state index is 2.64. The molecule has 3 atom stereocenters. The molecule has 0 saturated carbocycles. The average molecular weight is 182 g/mol. The Morgan fingerprint density at radius 3 is 2.62 bits per heavy atom. The predicted molar refractivity (Wildman–Crippen MR) is 55.9 cm³/mol. The van der Waals surface area contributed by atoms with Crippen LogP contribution in [0.2, 0.25) is 0 Å². The van der Waals surface area contributed by atoms with Crippen LogP contribution in [0.4, 0.5) is 0 Å². The molecule has 0 bridgehead atoms. The van der Waals surface area contributed by atoms with Gasteiger partial charge in [-0.25, -0.2) is 0 Å². The average Bonchev–Trinajstić information content (AvgIpc) is 2.47. The normalized spacial score (nSPS) is 42.2. The molecule has 2 nitrogen and oxygen atoms in total. The summed E-state index contributed by atoms with van der Waals surface area (Å²) in [4.78, 5) is 5.13. The third-order valence-corrected chi connectivity index (χ3v) is 4.03. The van der Waals surface area contributed by atoms with Gasteiger partial charge < -0.3 is 4.90 Å². The summed E-state index contributed by atoms with van der Waals surface area (Å²) in [7, 11) is 4.58. The quantitative estimate of drug-likeness (QED) is 0.605. The van der Waals surface area contributed by atoms with Gasteiger partial charge in [-0.3, -0.25) is 4.90 Å². The molecule has 0 radical (unpaired) electrons. The summed E-state index contributed by atoms with van der Waals surface area (Å²) in [5.41, 5.74) is 0. The van der Waals surface area contributed by atoms with Crippen molar-refractivity contribution in [3.8, 4) is 0 Å². The molecule has 2 heterocycles. The molecule has 3 unspecified atom stereocenters. The Bertz CT molecular complexity index is 181. The number of likely N-dealkylation sites (tertiary alicyclic amines) is 2. The Balaban J connectivity index is 2.03. The van der Waals surface area contributed by atoms with Crippen LogP contribution in [-0.4, -0.2) is 49.1 Å². The topological polar surface area (TPSA) is 6.48 Å². The van der Waals surface area contributed by atoms with Crippen molar-refractivity contribution in [2.24, 2.45) is 5.92 Å². The van der Waals surface area contributed by atoms with Crippen LogP contribution in [0.1, 0.15) is 26.2 Å². The first kappa shape index (κ1) is 9.47. The van der Waals surface area contributed by atoms with Crippen molar-refractivity contribution in [2.75, 3.05) is 27.2 Å². The predicted octanol–water partition coefficient (Wildman–Crippen LogP) is 1.42. The minimum atomic E-state index is 0.851. The van der Waals surface area contributed by atoms with Crippen LogP contribution in [0.3, 0.4) is 0 Å². The van der Waals surface area contributed by atoms with Crippen molar-refractivity contribution in [1.82, 2.24) is 9.80 Å². The number of piperidine rings is 1. The highest BCUT2D eigenvalue weighted by molar-refractivity contribution is 4.94.